The Morgan fingerprint density at radius 1 is 1.19 bits per heavy atom. The lowest BCUT2D eigenvalue weighted by Gasteiger charge is -2.23. The maximum atomic E-state index is 11.5. The van der Waals surface area contributed by atoms with Gasteiger partial charge in [0.15, 0.2) is 0 Å². The summed E-state index contributed by atoms with van der Waals surface area (Å²) in [5, 5.41) is 3.31. The third kappa shape index (κ3) is 7.19. The molecule has 0 radical (unpaired) electrons. The molecule has 0 atom stereocenters. The van der Waals surface area contributed by atoms with Gasteiger partial charge in [-0.05, 0) is 39.3 Å². The number of nitrogens with one attached hydrogen (secondary N) is 1. The lowest BCUT2D eigenvalue weighted by atomic mass is 10.2. The molecule has 0 aliphatic rings. The second-order valence-electron chi connectivity index (χ2n) is 4.92. The van der Waals surface area contributed by atoms with Crippen LogP contribution < -0.4 is 5.32 Å². The highest BCUT2D eigenvalue weighted by molar-refractivity contribution is 7.88. The topological polar surface area (TPSA) is 49.4 Å². The fraction of sp³-hybridized carbons (Fsp3) is 1.00. The molecule has 0 aromatic heterocycles. The van der Waals surface area contributed by atoms with Crippen LogP contribution in [0, 0.1) is 5.92 Å². The Balaban J connectivity index is 3.88. The second kappa shape index (κ2) is 7.25. The van der Waals surface area contributed by atoms with Crippen molar-refractivity contribution in [3.05, 3.63) is 0 Å². The SMILES string of the molecule is CC(C)CNCCCN(C(C)C)S(C)(=O)=O. The van der Waals surface area contributed by atoms with Crippen LogP contribution in [0.2, 0.25) is 0 Å². The number of hydrogen-bond donors (Lipinski definition) is 1. The largest absolute Gasteiger partial charge is 0.316 e. The van der Waals surface area contributed by atoms with Crippen LogP contribution in [0.5, 0.6) is 0 Å². The number of rotatable bonds is 8. The van der Waals surface area contributed by atoms with Crippen LogP contribution in [0.3, 0.4) is 0 Å². The van der Waals surface area contributed by atoms with Gasteiger partial charge < -0.3 is 5.32 Å². The second-order valence-corrected chi connectivity index (χ2v) is 6.85. The molecular formula is C11H26N2O2S. The zero-order chi connectivity index (χ0) is 12.8. The van der Waals surface area contributed by atoms with Crippen LogP contribution in [0.15, 0.2) is 0 Å². The quantitative estimate of drug-likeness (QED) is 0.661. The van der Waals surface area contributed by atoms with E-state index < -0.39 is 10.0 Å². The first-order valence-corrected chi connectivity index (χ1v) is 7.77. The first-order valence-electron chi connectivity index (χ1n) is 5.92. The summed E-state index contributed by atoms with van der Waals surface area (Å²) >= 11 is 0. The summed E-state index contributed by atoms with van der Waals surface area (Å²) in [6, 6.07) is 0.0418. The van der Waals surface area contributed by atoms with Gasteiger partial charge in [0.25, 0.3) is 0 Å². The molecule has 0 aliphatic carbocycles. The van der Waals surface area contributed by atoms with Gasteiger partial charge in [0.05, 0.1) is 6.26 Å². The van der Waals surface area contributed by atoms with Gasteiger partial charge in [0.2, 0.25) is 10.0 Å². The Hall–Kier alpha value is -0.130. The molecule has 16 heavy (non-hydrogen) atoms. The molecule has 98 valence electrons. The van der Waals surface area contributed by atoms with Crippen molar-refractivity contribution in [2.24, 2.45) is 5.92 Å². The molecule has 0 spiro atoms. The van der Waals surface area contributed by atoms with E-state index in [1.54, 1.807) is 4.31 Å². The third-order valence-electron chi connectivity index (χ3n) is 2.29. The van der Waals surface area contributed by atoms with Gasteiger partial charge in [-0.2, -0.15) is 4.31 Å². The summed E-state index contributed by atoms with van der Waals surface area (Å²) in [7, 11) is -3.06. The van der Waals surface area contributed by atoms with E-state index in [1.807, 2.05) is 13.8 Å². The van der Waals surface area contributed by atoms with Crippen LogP contribution in [0.4, 0.5) is 0 Å². The monoisotopic (exact) mass is 250 g/mol. The summed E-state index contributed by atoms with van der Waals surface area (Å²) in [6.07, 6.45) is 2.13. The number of hydrogen-bond acceptors (Lipinski definition) is 3. The average Bonchev–Trinajstić information content (AvgIpc) is 2.07. The van der Waals surface area contributed by atoms with Crippen LogP contribution in [0.1, 0.15) is 34.1 Å². The number of sulfonamides is 1. The Morgan fingerprint density at radius 2 is 1.75 bits per heavy atom. The van der Waals surface area contributed by atoms with E-state index in [2.05, 4.69) is 19.2 Å². The standard InChI is InChI=1S/C11H26N2O2S/c1-10(2)9-12-7-6-8-13(11(3)4)16(5,14)15/h10-12H,6-9H2,1-5H3. The van der Waals surface area contributed by atoms with Crippen molar-refractivity contribution in [1.29, 1.82) is 0 Å². The lowest BCUT2D eigenvalue weighted by molar-refractivity contribution is 0.348. The molecule has 0 bridgehead atoms. The lowest BCUT2D eigenvalue weighted by Crippen LogP contribution is -2.38. The Bertz CT molecular complexity index is 274. The average molecular weight is 250 g/mol. The zero-order valence-corrected chi connectivity index (χ0v) is 12.0. The molecule has 0 saturated heterocycles. The summed E-state index contributed by atoms with van der Waals surface area (Å²) in [5.74, 6) is 0.635. The molecule has 0 saturated carbocycles. The first kappa shape index (κ1) is 15.9. The molecule has 0 heterocycles. The van der Waals surface area contributed by atoms with Crippen LogP contribution in [-0.4, -0.2) is 44.7 Å². The van der Waals surface area contributed by atoms with Gasteiger partial charge in [-0.3, -0.25) is 0 Å². The highest BCUT2D eigenvalue weighted by atomic mass is 32.2. The van der Waals surface area contributed by atoms with Gasteiger partial charge >= 0.3 is 0 Å². The minimum atomic E-state index is -3.06. The minimum Gasteiger partial charge on any atom is -0.316 e. The zero-order valence-electron chi connectivity index (χ0n) is 11.2. The smallest absolute Gasteiger partial charge is 0.211 e. The summed E-state index contributed by atoms with van der Waals surface area (Å²) in [4.78, 5) is 0. The van der Waals surface area contributed by atoms with Gasteiger partial charge in [-0.25, -0.2) is 8.42 Å². The highest BCUT2D eigenvalue weighted by Crippen LogP contribution is 2.05. The van der Waals surface area contributed by atoms with E-state index in [0.29, 0.717) is 12.5 Å². The van der Waals surface area contributed by atoms with E-state index in [1.165, 1.54) is 6.26 Å². The molecular weight excluding hydrogens is 224 g/mol. The fourth-order valence-corrected chi connectivity index (χ4v) is 2.78. The van der Waals surface area contributed by atoms with E-state index >= 15 is 0 Å². The van der Waals surface area contributed by atoms with Crippen LogP contribution >= 0.6 is 0 Å². The predicted molar refractivity (Wildman–Crippen MR) is 69.0 cm³/mol. The Labute approximate surface area is 100 Å². The van der Waals surface area contributed by atoms with Gasteiger partial charge in [0, 0.05) is 12.6 Å². The molecule has 0 amide bonds. The van der Waals surface area contributed by atoms with Gasteiger partial charge in [0.1, 0.15) is 0 Å². The Kier molecular flexibility index (Phi) is 7.19. The van der Waals surface area contributed by atoms with Crippen molar-refractivity contribution in [3.8, 4) is 0 Å². The van der Waals surface area contributed by atoms with Crippen LogP contribution in [0.25, 0.3) is 0 Å². The van der Waals surface area contributed by atoms with Crippen molar-refractivity contribution in [3.63, 3.8) is 0 Å². The molecule has 1 N–H and O–H groups in total. The summed E-state index contributed by atoms with van der Waals surface area (Å²) in [5.41, 5.74) is 0. The normalized spacial score (nSPS) is 13.0. The molecule has 0 unspecified atom stereocenters. The molecule has 4 nitrogen and oxygen atoms in total. The molecule has 0 aromatic carbocycles. The third-order valence-corrected chi connectivity index (χ3v) is 3.74. The molecule has 5 heteroatoms. The highest BCUT2D eigenvalue weighted by Gasteiger charge is 2.18. The van der Waals surface area contributed by atoms with Crippen LogP contribution in [-0.2, 0) is 10.0 Å². The van der Waals surface area contributed by atoms with Crippen molar-refractivity contribution in [2.45, 2.75) is 40.2 Å². The maximum Gasteiger partial charge on any atom is 0.211 e. The molecule has 0 aliphatic heterocycles. The van der Waals surface area contributed by atoms with E-state index in [9.17, 15) is 8.42 Å². The van der Waals surface area contributed by atoms with E-state index in [0.717, 1.165) is 19.5 Å². The fourth-order valence-electron chi connectivity index (χ4n) is 1.56. The van der Waals surface area contributed by atoms with Gasteiger partial charge in [-0.1, -0.05) is 13.8 Å². The summed E-state index contributed by atoms with van der Waals surface area (Å²) in [6.45, 7) is 10.6. The van der Waals surface area contributed by atoms with Crippen molar-refractivity contribution >= 4 is 10.0 Å². The summed E-state index contributed by atoms with van der Waals surface area (Å²) < 4.78 is 24.4. The van der Waals surface area contributed by atoms with E-state index in [4.69, 9.17) is 0 Å². The molecule has 0 fully saturated rings. The predicted octanol–water partition coefficient (Wildman–Crippen LogP) is 1.29. The van der Waals surface area contributed by atoms with Crippen molar-refractivity contribution in [1.82, 2.24) is 9.62 Å². The Morgan fingerprint density at radius 3 is 2.12 bits per heavy atom. The van der Waals surface area contributed by atoms with Crippen molar-refractivity contribution in [2.75, 3.05) is 25.9 Å². The van der Waals surface area contributed by atoms with E-state index in [-0.39, 0.29) is 6.04 Å². The number of nitrogens with zero attached hydrogens (tertiary/aromatic N) is 1. The first-order chi connectivity index (χ1) is 7.25. The molecule has 0 rings (SSSR count). The van der Waals surface area contributed by atoms with Crippen molar-refractivity contribution < 1.29 is 8.42 Å². The molecule has 0 aromatic rings. The van der Waals surface area contributed by atoms with Gasteiger partial charge in [-0.15, -0.1) is 0 Å². The minimum absolute atomic E-state index is 0.0418. The maximum absolute atomic E-state index is 11.5.